The van der Waals surface area contributed by atoms with Crippen molar-refractivity contribution < 1.29 is 0 Å². The second kappa shape index (κ2) is 10.0. The van der Waals surface area contributed by atoms with E-state index in [4.69, 9.17) is 0 Å². The zero-order valence-electron chi connectivity index (χ0n) is 26.7. The van der Waals surface area contributed by atoms with E-state index >= 15 is 0 Å². The minimum atomic E-state index is 1.18. The maximum absolute atomic E-state index is 2.42. The van der Waals surface area contributed by atoms with Gasteiger partial charge in [-0.3, -0.25) is 0 Å². The largest absolute Gasteiger partial charge is 0.309 e. The molecule has 0 bridgehead atoms. The van der Waals surface area contributed by atoms with Gasteiger partial charge in [0, 0.05) is 16.5 Å². The molecule has 0 N–H and O–H groups in total. The summed E-state index contributed by atoms with van der Waals surface area (Å²) in [5.41, 5.74) is 13.9. The first-order valence-electron chi connectivity index (χ1n) is 17.0. The van der Waals surface area contributed by atoms with Gasteiger partial charge in [-0.15, -0.1) is 0 Å². The summed E-state index contributed by atoms with van der Waals surface area (Å²) in [5, 5.41) is 10.2. The summed E-state index contributed by atoms with van der Waals surface area (Å²) in [6.45, 7) is 0. The lowest BCUT2D eigenvalue weighted by atomic mass is 9.93. The monoisotopic (exact) mass is 619 g/mol. The highest BCUT2D eigenvalue weighted by Crippen LogP contribution is 2.48. The van der Waals surface area contributed by atoms with Crippen molar-refractivity contribution in [2.45, 2.75) is 0 Å². The fraction of sp³-hybridized carbons (Fsp3) is 0. The lowest BCUT2D eigenvalue weighted by Crippen LogP contribution is -1.93. The molecule has 0 saturated carbocycles. The Hall–Kier alpha value is -6.44. The average Bonchev–Trinajstić information content (AvgIpc) is 3.65. The van der Waals surface area contributed by atoms with Crippen LogP contribution in [0, 0.1) is 0 Å². The van der Waals surface area contributed by atoms with Crippen molar-refractivity contribution in [2.75, 3.05) is 0 Å². The van der Waals surface area contributed by atoms with Gasteiger partial charge in [-0.1, -0.05) is 115 Å². The third-order valence-corrected chi connectivity index (χ3v) is 10.6. The Balaban J connectivity index is 1.07. The van der Waals surface area contributed by atoms with Gasteiger partial charge in [-0.2, -0.15) is 0 Å². The van der Waals surface area contributed by atoms with Crippen LogP contribution in [-0.4, -0.2) is 4.57 Å². The predicted octanol–water partition coefficient (Wildman–Crippen LogP) is 13.2. The van der Waals surface area contributed by atoms with Crippen LogP contribution in [-0.2, 0) is 0 Å². The molecule has 0 fully saturated rings. The van der Waals surface area contributed by atoms with Crippen LogP contribution in [0.4, 0.5) is 0 Å². The summed E-state index contributed by atoms with van der Waals surface area (Å²) >= 11 is 0. The van der Waals surface area contributed by atoms with Crippen LogP contribution in [0.3, 0.4) is 0 Å². The highest BCUT2D eigenvalue weighted by Gasteiger charge is 2.22. The SMILES string of the molecule is c1ccc(-n2c3cc4ccccc4cc3c3cc4cc(-c5cccc(-c6cc7c8c(cccc8c6)-c6ccccc6-7)c5)ccc4cc32)cc1. The number of hydrogen-bond acceptors (Lipinski definition) is 0. The molecule has 11 rings (SSSR count). The molecule has 1 heteroatoms. The van der Waals surface area contributed by atoms with Crippen LogP contribution in [0.25, 0.3) is 104 Å². The first-order valence-corrected chi connectivity index (χ1v) is 17.0. The highest BCUT2D eigenvalue weighted by atomic mass is 15.0. The Kier molecular flexibility index (Phi) is 5.45. The smallest absolute Gasteiger partial charge is 0.0547 e. The Bertz CT molecular complexity index is 2980. The Morgan fingerprint density at radius 2 is 0.837 bits per heavy atom. The molecule has 1 aromatic heterocycles. The maximum atomic E-state index is 2.42. The van der Waals surface area contributed by atoms with E-state index in [1.54, 1.807) is 0 Å². The van der Waals surface area contributed by atoms with Gasteiger partial charge >= 0.3 is 0 Å². The van der Waals surface area contributed by atoms with Crippen molar-refractivity contribution in [3.63, 3.8) is 0 Å². The molecule has 0 atom stereocenters. The van der Waals surface area contributed by atoms with E-state index in [1.807, 2.05) is 0 Å². The van der Waals surface area contributed by atoms with Gasteiger partial charge in [-0.05, 0) is 137 Å². The number of aromatic nitrogens is 1. The molecule has 9 aromatic carbocycles. The third-order valence-electron chi connectivity index (χ3n) is 10.6. The van der Waals surface area contributed by atoms with E-state index in [0.717, 1.165) is 0 Å². The molecule has 0 unspecified atom stereocenters. The van der Waals surface area contributed by atoms with Crippen LogP contribution < -0.4 is 0 Å². The molecule has 0 spiro atoms. The molecular weight excluding hydrogens is 591 g/mol. The molecule has 10 aromatic rings. The van der Waals surface area contributed by atoms with Crippen LogP contribution in [0.15, 0.2) is 176 Å². The van der Waals surface area contributed by atoms with Gasteiger partial charge < -0.3 is 4.57 Å². The summed E-state index contributed by atoms with van der Waals surface area (Å²) in [7, 11) is 0. The number of hydrogen-bond donors (Lipinski definition) is 0. The molecule has 0 radical (unpaired) electrons. The molecule has 226 valence electrons. The zero-order chi connectivity index (χ0) is 32.1. The second-order valence-corrected chi connectivity index (χ2v) is 13.4. The Morgan fingerprint density at radius 1 is 0.286 bits per heavy atom. The van der Waals surface area contributed by atoms with E-state index in [0.29, 0.717) is 0 Å². The predicted molar refractivity (Wildman–Crippen MR) is 209 cm³/mol. The van der Waals surface area contributed by atoms with Crippen molar-refractivity contribution in [3.05, 3.63) is 176 Å². The number of benzene rings is 9. The average molecular weight is 620 g/mol. The van der Waals surface area contributed by atoms with Crippen LogP contribution >= 0.6 is 0 Å². The zero-order valence-corrected chi connectivity index (χ0v) is 26.7. The summed E-state index contributed by atoms with van der Waals surface area (Å²) in [6.07, 6.45) is 0. The molecule has 0 saturated heterocycles. The molecular formula is C48H29N. The van der Waals surface area contributed by atoms with Gasteiger partial charge in [-0.25, -0.2) is 0 Å². The summed E-state index contributed by atoms with van der Waals surface area (Å²) < 4.78 is 2.42. The highest BCUT2D eigenvalue weighted by molar-refractivity contribution is 6.18. The van der Waals surface area contributed by atoms with E-state index in [9.17, 15) is 0 Å². The van der Waals surface area contributed by atoms with Gasteiger partial charge in [0.1, 0.15) is 0 Å². The second-order valence-electron chi connectivity index (χ2n) is 13.4. The summed E-state index contributed by atoms with van der Waals surface area (Å²) in [6, 6.07) is 65.1. The van der Waals surface area contributed by atoms with Gasteiger partial charge in [0.25, 0.3) is 0 Å². The lowest BCUT2D eigenvalue weighted by molar-refractivity contribution is 1.18. The number of fused-ring (bicyclic) bond motifs is 8. The molecule has 1 nitrogen and oxygen atoms in total. The van der Waals surface area contributed by atoms with Crippen LogP contribution in [0.1, 0.15) is 0 Å². The van der Waals surface area contributed by atoms with Gasteiger partial charge in [0.2, 0.25) is 0 Å². The minimum absolute atomic E-state index is 1.18. The fourth-order valence-electron chi connectivity index (χ4n) is 8.34. The van der Waals surface area contributed by atoms with Crippen molar-refractivity contribution in [1.82, 2.24) is 4.57 Å². The van der Waals surface area contributed by atoms with Crippen molar-refractivity contribution >= 4 is 54.1 Å². The Labute approximate surface area is 283 Å². The summed E-state index contributed by atoms with van der Waals surface area (Å²) in [4.78, 5) is 0. The quantitative estimate of drug-likeness (QED) is 0.185. The fourth-order valence-corrected chi connectivity index (χ4v) is 8.34. The molecule has 0 aliphatic heterocycles. The van der Waals surface area contributed by atoms with Crippen molar-refractivity contribution in [1.29, 1.82) is 0 Å². The molecule has 49 heavy (non-hydrogen) atoms. The molecule has 1 heterocycles. The van der Waals surface area contributed by atoms with Crippen LogP contribution in [0.5, 0.6) is 0 Å². The van der Waals surface area contributed by atoms with Crippen molar-refractivity contribution in [3.8, 4) is 50.2 Å². The van der Waals surface area contributed by atoms with Crippen LogP contribution in [0.2, 0.25) is 0 Å². The summed E-state index contributed by atoms with van der Waals surface area (Å²) in [5.74, 6) is 0. The first kappa shape index (κ1) is 26.6. The van der Waals surface area contributed by atoms with E-state index < -0.39 is 0 Å². The van der Waals surface area contributed by atoms with E-state index in [1.165, 1.54) is 104 Å². The third kappa shape index (κ3) is 3.94. The van der Waals surface area contributed by atoms with E-state index in [2.05, 4.69) is 180 Å². The Morgan fingerprint density at radius 3 is 1.63 bits per heavy atom. The van der Waals surface area contributed by atoms with Gasteiger partial charge in [0.15, 0.2) is 0 Å². The number of rotatable bonds is 3. The standard InChI is InChI=1S/C48H29N/c1-2-15-39(16-3-1)49-46-28-33-11-5-4-10-32(33)25-43(46)44-26-37-23-34(20-21-35(37)29-47(44)49)30-12-8-13-31(22-30)38-24-36-14-9-19-42-40-17-6-7-18-41(40)45(27-38)48(36)42/h1-29H. The first-order chi connectivity index (χ1) is 24.3. The number of nitrogens with zero attached hydrogens (tertiary/aromatic N) is 1. The van der Waals surface area contributed by atoms with E-state index in [-0.39, 0.29) is 0 Å². The molecule has 1 aliphatic carbocycles. The maximum Gasteiger partial charge on any atom is 0.0547 e. The molecule has 1 aliphatic rings. The molecule has 0 amide bonds. The minimum Gasteiger partial charge on any atom is -0.309 e. The number of para-hydroxylation sites is 1. The lowest BCUT2D eigenvalue weighted by Gasteiger charge is -2.11. The van der Waals surface area contributed by atoms with Crippen molar-refractivity contribution in [2.24, 2.45) is 0 Å². The topological polar surface area (TPSA) is 4.93 Å². The normalized spacial score (nSPS) is 12.1. The van der Waals surface area contributed by atoms with Gasteiger partial charge in [0.05, 0.1) is 11.0 Å².